The molecule has 1 rings (SSSR count). The molecule has 0 aliphatic carbocycles. The van der Waals surface area contributed by atoms with Crippen LogP contribution in [0.15, 0.2) is 12.1 Å². The van der Waals surface area contributed by atoms with Gasteiger partial charge in [0.2, 0.25) is 0 Å². The van der Waals surface area contributed by atoms with E-state index in [0.717, 1.165) is 5.56 Å². The number of aromatic hydroxyl groups is 1. The van der Waals surface area contributed by atoms with Crippen molar-refractivity contribution in [3.05, 3.63) is 28.8 Å². The van der Waals surface area contributed by atoms with Crippen LogP contribution in [0.25, 0.3) is 0 Å². The van der Waals surface area contributed by atoms with Gasteiger partial charge in [0.05, 0.1) is 24.3 Å². The second-order valence-electron chi connectivity index (χ2n) is 6.79. The number of benzene rings is 1. The molecule has 1 aromatic carbocycles. The lowest BCUT2D eigenvalue weighted by atomic mass is 9.84. The fourth-order valence-corrected chi connectivity index (χ4v) is 1.99. The Bertz CT molecular complexity index is 528. The van der Waals surface area contributed by atoms with Crippen LogP contribution in [0.1, 0.15) is 49.2 Å². The molecule has 0 bridgehead atoms. The zero-order valence-electron chi connectivity index (χ0n) is 13.3. The van der Waals surface area contributed by atoms with Crippen molar-refractivity contribution >= 4 is 5.91 Å². The van der Waals surface area contributed by atoms with E-state index in [1.807, 2.05) is 33.8 Å². The van der Waals surface area contributed by atoms with Crippen LogP contribution < -0.4 is 5.32 Å². The third-order valence-corrected chi connectivity index (χ3v) is 3.42. The van der Waals surface area contributed by atoms with Crippen LogP contribution in [0.2, 0.25) is 0 Å². The van der Waals surface area contributed by atoms with Gasteiger partial charge >= 0.3 is 0 Å². The van der Waals surface area contributed by atoms with Gasteiger partial charge in [0.15, 0.2) is 0 Å². The molecule has 1 aromatic rings. The van der Waals surface area contributed by atoms with Gasteiger partial charge in [0.1, 0.15) is 5.75 Å². The summed E-state index contributed by atoms with van der Waals surface area (Å²) in [5.74, 6) is -0.587. The van der Waals surface area contributed by atoms with Gasteiger partial charge in [-0.15, -0.1) is 0 Å². The van der Waals surface area contributed by atoms with Gasteiger partial charge in [-0.05, 0) is 30.9 Å². The Hall–Kier alpha value is -1.59. The van der Waals surface area contributed by atoms with Gasteiger partial charge in [0, 0.05) is 5.56 Å². The number of amides is 1. The highest BCUT2D eigenvalue weighted by Gasteiger charge is 2.28. The molecule has 0 radical (unpaired) electrons. The predicted molar refractivity (Wildman–Crippen MR) is 81.6 cm³/mol. The first-order valence-corrected chi connectivity index (χ1v) is 6.92. The van der Waals surface area contributed by atoms with Crippen molar-refractivity contribution in [2.24, 2.45) is 0 Å². The van der Waals surface area contributed by atoms with E-state index in [2.05, 4.69) is 5.32 Å². The van der Waals surface area contributed by atoms with Crippen LogP contribution in [0.3, 0.4) is 0 Å². The summed E-state index contributed by atoms with van der Waals surface area (Å²) < 4.78 is 0. The summed E-state index contributed by atoms with van der Waals surface area (Å²) in [6.45, 7) is 8.45. The molecule has 0 aromatic heterocycles. The van der Waals surface area contributed by atoms with E-state index in [4.69, 9.17) is 0 Å². The number of phenolic OH excluding ortho intramolecular Hbond substituents is 1. The average molecular weight is 295 g/mol. The fraction of sp³-hybridized carbons (Fsp3) is 0.562. The summed E-state index contributed by atoms with van der Waals surface area (Å²) in [5, 5.41) is 31.4. The molecular weight excluding hydrogens is 270 g/mol. The smallest absolute Gasteiger partial charge is 0.255 e. The molecular formula is C16H25NO4. The summed E-state index contributed by atoms with van der Waals surface area (Å²) >= 11 is 0. The van der Waals surface area contributed by atoms with Crippen molar-refractivity contribution in [3.8, 4) is 5.75 Å². The third-order valence-electron chi connectivity index (χ3n) is 3.42. The van der Waals surface area contributed by atoms with Crippen molar-refractivity contribution in [3.63, 3.8) is 0 Å². The average Bonchev–Trinajstić information content (AvgIpc) is 2.39. The van der Waals surface area contributed by atoms with E-state index in [1.54, 1.807) is 6.07 Å². The van der Waals surface area contributed by atoms with E-state index in [-0.39, 0.29) is 16.7 Å². The molecule has 5 nitrogen and oxygen atoms in total. The second-order valence-corrected chi connectivity index (χ2v) is 6.79. The minimum Gasteiger partial charge on any atom is -0.507 e. The van der Waals surface area contributed by atoms with Gasteiger partial charge in [-0.2, -0.15) is 0 Å². The number of phenols is 1. The summed E-state index contributed by atoms with van der Waals surface area (Å²) in [5.41, 5.74) is 0.255. The third kappa shape index (κ3) is 3.95. The Balaban J connectivity index is 3.26. The van der Waals surface area contributed by atoms with Crippen molar-refractivity contribution in [1.82, 2.24) is 5.32 Å². The Morgan fingerprint density at radius 1 is 1.14 bits per heavy atom. The topological polar surface area (TPSA) is 89.8 Å². The Morgan fingerprint density at radius 3 is 2.10 bits per heavy atom. The van der Waals surface area contributed by atoms with Gasteiger partial charge in [-0.3, -0.25) is 4.79 Å². The molecule has 0 unspecified atom stereocenters. The van der Waals surface area contributed by atoms with Gasteiger partial charge < -0.3 is 20.6 Å². The molecule has 0 spiro atoms. The second kappa shape index (κ2) is 6.03. The van der Waals surface area contributed by atoms with E-state index in [1.165, 1.54) is 6.92 Å². The van der Waals surface area contributed by atoms with Crippen molar-refractivity contribution in [2.45, 2.75) is 45.6 Å². The zero-order valence-corrected chi connectivity index (χ0v) is 13.3. The molecule has 0 saturated heterocycles. The lowest BCUT2D eigenvalue weighted by molar-refractivity contribution is 0.0721. The number of carbonyl (C=O) groups excluding carboxylic acids is 1. The number of hydrogen-bond donors (Lipinski definition) is 4. The molecule has 0 fully saturated rings. The molecule has 118 valence electrons. The molecule has 5 heteroatoms. The van der Waals surface area contributed by atoms with Gasteiger partial charge in [-0.1, -0.05) is 26.8 Å². The SMILES string of the molecule is Cc1cc(C(=O)NC(C)(CO)CO)c(O)c(C(C)(C)C)c1. The van der Waals surface area contributed by atoms with Crippen LogP contribution in [0.4, 0.5) is 0 Å². The Kier molecular flexibility index (Phi) is 5.02. The number of hydrogen-bond acceptors (Lipinski definition) is 4. The van der Waals surface area contributed by atoms with Crippen LogP contribution >= 0.6 is 0 Å². The number of nitrogens with one attached hydrogen (secondary N) is 1. The number of carbonyl (C=O) groups is 1. The fourth-order valence-electron chi connectivity index (χ4n) is 1.99. The normalized spacial score (nSPS) is 12.3. The lowest BCUT2D eigenvalue weighted by Crippen LogP contribution is -2.51. The van der Waals surface area contributed by atoms with Crippen LogP contribution in [0.5, 0.6) is 5.75 Å². The first kappa shape index (κ1) is 17.5. The van der Waals surface area contributed by atoms with Crippen molar-refractivity contribution in [2.75, 3.05) is 13.2 Å². The predicted octanol–water partition coefficient (Wildman–Crippen LogP) is 1.47. The largest absolute Gasteiger partial charge is 0.507 e. The Labute approximate surface area is 125 Å². The molecule has 0 atom stereocenters. The maximum Gasteiger partial charge on any atom is 0.255 e. The van der Waals surface area contributed by atoms with Crippen LogP contribution in [0, 0.1) is 6.92 Å². The molecule has 1 amide bonds. The standard InChI is InChI=1S/C16H25NO4/c1-10-6-11(13(20)12(7-10)15(2,3)4)14(21)17-16(5,8-18)9-19/h6-7,18-20H,8-9H2,1-5H3,(H,17,21). The lowest BCUT2D eigenvalue weighted by Gasteiger charge is -2.27. The van der Waals surface area contributed by atoms with Gasteiger partial charge in [-0.25, -0.2) is 0 Å². The van der Waals surface area contributed by atoms with Crippen LogP contribution in [-0.2, 0) is 5.41 Å². The summed E-state index contributed by atoms with van der Waals surface area (Å²) in [7, 11) is 0. The monoisotopic (exact) mass is 295 g/mol. The molecule has 21 heavy (non-hydrogen) atoms. The van der Waals surface area contributed by atoms with E-state index >= 15 is 0 Å². The summed E-state index contributed by atoms with van der Waals surface area (Å²) in [6.07, 6.45) is 0. The van der Waals surface area contributed by atoms with Crippen LogP contribution in [-0.4, -0.2) is 40.0 Å². The van der Waals surface area contributed by atoms with E-state index in [9.17, 15) is 20.1 Å². The minimum absolute atomic E-state index is 0.0659. The number of rotatable bonds is 4. The highest BCUT2D eigenvalue weighted by molar-refractivity contribution is 5.98. The number of aliphatic hydroxyl groups excluding tert-OH is 2. The quantitative estimate of drug-likeness (QED) is 0.677. The molecule has 0 aliphatic heterocycles. The van der Waals surface area contributed by atoms with E-state index < -0.39 is 24.7 Å². The Morgan fingerprint density at radius 2 is 1.67 bits per heavy atom. The molecule has 0 heterocycles. The molecule has 0 aliphatic rings. The zero-order chi connectivity index (χ0) is 16.4. The minimum atomic E-state index is -1.13. The first-order chi connectivity index (χ1) is 9.54. The number of aliphatic hydroxyl groups is 2. The molecule has 0 saturated carbocycles. The molecule has 4 N–H and O–H groups in total. The number of aryl methyl sites for hydroxylation is 1. The highest BCUT2D eigenvalue weighted by Crippen LogP contribution is 2.34. The summed E-state index contributed by atoms with van der Waals surface area (Å²) in [6, 6.07) is 3.44. The maximum absolute atomic E-state index is 12.3. The van der Waals surface area contributed by atoms with Gasteiger partial charge in [0.25, 0.3) is 5.91 Å². The highest BCUT2D eigenvalue weighted by atomic mass is 16.3. The first-order valence-electron chi connectivity index (χ1n) is 6.92. The van der Waals surface area contributed by atoms with Crippen molar-refractivity contribution in [1.29, 1.82) is 0 Å². The van der Waals surface area contributed by atoms with E-state index in [0.29, 0.717) is 5.56 Å². The maximum atomic E-state index is 12.3. The van der Waals surface area contributed by atoms with Crippen molar-refractivity contribution < 1.29 is 20.1 Å². The summed E-state index contributed by atoms with van der Waals surface area (Å²) in [4.78, 5) is 12.3.